The van der Waals surface area contributed by atoms with E-state index in [0.717, 1.165) is 31.5 Å². The summed E-state index contributed by atoms with van der Waals surface area (Å²) in [6, 6.07) is 8.71. The van der Waals surface area contributed by atoms with Gasteiger partial charge < -0.3 is 10.2 Å². The Morgan fingerprint density at radius 1 is 1.33 bits per heavy atom. The molecular weight excluding hydrogens is 260 g/mol. The van der Waals surface area contributed by atoms with Gasteiger partial charge in [0.25, 0.3) is 0 Å². The van der Waals surface area contributed by atoms with Crippen LogP contribution in [-0.4, -0.2) is 29.9 Å². The number of hydrogen-bond acceptors (Lipinski definition) is 2. The zero-order valence-corrected chi connectivity index (χ0v) is 13.6. The topological polar surface area (TPSA) is 32.3 Å². The fraction of sp³-hybridized carbons (Fsp3) is 0.611. The van der Waals surface area contributed by atoms with Crippen molar-refractivity contribution in [1.29, 1.82) is 0 Å². The Morgan fingerprint density at radius 3 is 2.81 bits per heavy atom. The minimum Gasteiger partial charge on any atom is -0.376 e. The molecule has 1 unspecified atom stereocenters. The lowest BCUT2D eigenvalue weighted by Gasteiger charge is -2.35. The molecule has 1 saturated heterocycles. The van der Waals surface area contributed by atoms with Crippen molar-refractivity contribution < 1.29 is 4.79 Å². The SMILES string of the molecule is CCC1CCCCN1C(=O)CNc1ccccc1C(C)C. The van der Waals surface area contributed by atoms with E-state index in [4.69, 9.17) is 0 Å². The molecule has 2 rings (SSSR count). The number of carbonyl (C=O) groups is 1. The number of carbonyl (C=O) groups excluding carboxylic acids is 1. The van der Waals surface area contributed by atoms with Crippen LogP contribution in [0.3, 0.4) is 0 Å². The van der Waals surface area contributed by atoms with Gasteiger partial charge >= 0.3 is 0 Å². The van der Waals surface area contributed by atoms with Gasteiger partial charge in [0.05, 0.1) is 6.54 Å². The average Bonchev–Trinajstić information content (AvgIpc) is 2.52. The highest BCUT2D eigenvalue weighted by Gasteiger charge is 2.24. The van der Waals surface area contributed by atoms with E-state index in [9.17, 15) is 4.79 Å². The summed E-state index contributed by atoms with van der Waals surface area (Å²) in [4.78, 5) is 14.6. The van der Waals surface area contributed by atoms with E-state index in [1.54, 1.807) is 0 Å². The van der Waals surface area contributed by atoms with Crippen LogP contribution in [0.5, 0.6) is 0 Å². The minimum absolute atomic E-state index is 0.236. The molecule has 116 valence electrons. The second-order valence-electron chi connectivity index (χ2n) is 6.24. The molecule has 1 N–H and O–H groups in total. The highest BCUT2D eigenvalue weighted by Crippen LogP contribution is 2.24. The largest absolute Gasteiger partial charge is 0.376 e. The van der Waals surface area contributed by atoms with Crippen molar-refractivity contribution in [3.8, 4) is 0 Å². The van der Waals surface area contributed by atoms with Crippen LogP contribution in [0.15, 0.2) is 24.3 Å². The molecule has 0 bridgehead atoms. The number of piperidine rings is 1. The van der Waals surface area contributed by atoms with Crippen LogP contribution in [0, 0.1) is 0 Å². The zero-order chi connectivity index (χ0) is 15.2. The van der Waals surface area contributed by atoms with Crippen LogP contribution in [0.2, 0.25) is 0 Å². The molecule has 0 radical (unpaired) electrons. The molecule has 3 nitrogen and oxygen atoms in total. The molecule has 1 aromatic rings. The van der Waals surface area contributed by atoms with Crippen molar-refractivity contribution in [2.75, 3.05) is 18.4 Å². The molecule has 3 heteroatoms. The minimum atomic E-state index is 0.236. The van der Waals surface area contributed by atoms with Gasteiger partial charge in [0.15, 0.2) is 0 Å². The monoisotopic (exact) mass is 288 g/mol. The standard InChI is InChI=1S/C18H28N2O/c1-4-15-9-7-8-12-20(15)18(21)13-19-17-11-6-5-10-16(17)14(2)3/h5-6,10-11,14-15,19H,4,7-9,12-13H2,1-3H3. The smallest absolute Gasteiger partial charge is 0.242 e. The number of nitrogens with zero attached hydrogens (tertiary/aromatic N) is 1. The van der Waals surface area contributed by atoms with Gasteiger partial charge in [0.1, 0.15) is 0 Å². The molecule has 1 aromatic carbocycles. The van der Waals surface area contributed by atoms with Crippen LogP contribution >= 0.6 is 0 Å². The summed E-state index contributed by atoms with van der Waals surface area (Å²) in [7, 11) is 0. The Morgan fingerprint density at radius 2 is 2.10 bits per heavy atom. The van der Waals surface area contributed by atoms with Gasteiger partial charge in [-0.3, -0.25) is 4.79 Å². The van der Waals surface area contributed by atoms with Gasteiger partial charge in [-0.25, -0.2) is 0 Å². The number of rotatable bonds is 5. The molecule has 0 aromatic heterocycles. The van der Waals surface area contributed by atoms with E-state index in [2.05, 4.69) is 49.2 Å². The van der Waals surface area contributed by atoms with Crippen LogP contribution in [-0.2, 0) is 4.79 Å². The summed E-state index contributed by atoms with van der Waals surface area (Å²) < 4.78 is 0. The van der Waals surface area contributed by atoms with E-state index in [-0.39, 0.29) is 5.91 Å². The van der Waals surface area contributed by atoms with E-state index in [0.29, 0.717) is 18.5 Å². The number of likely N-dealkylation sites (tertiary alicyclic amines) is 1. The summed E-state index contributed by atoms with van der Waals surface area (Å²) >= 11 is 0. The molecule has 1 aliphatic rings. The maximum atomic E-state index is 12.5. The third-order valence-corrected chi connectivity index (χ3v) is 4.43. The number of hydrogen-bond donors (Lipinski definition) is 1. The molecule has 1 fully saturated rings. The zero-order valence-electron chi connectivity index (χ0n) is 13.6. The summed E-state index contributed by atoms with van der Waals surface area (Å²) in [6.07, 6.45) is 4.62. The van der Waals surface area contributed by atoms with Crippen molar-refractivity contribution in [3.05, 3.63) is 29.8 Å². The fourth-order valence-corrected chi connectivity index (χ4v) is 3.19. The van der Waals surface area contributed by atoms with E-state index in [1.807, 2.05) is 6.07 Å². The first-order valence-corrected chi connectivity index (χ1v) is 8.25. The van der Waals surface area contributed by atoms with Crippen molar-refractivity contribution in [2.45, 2.75) is 58.4 Å². The highest BCUT2D eigenvalue weighted by molar-refractivity contribution is 5.81. The maximum absolute atomic E-state index is 12.5. The molecule has 1 atom stereocenters. The Bertz CT molecular complexity index is 470. The maximum Gasteiger partial charge on any atom is 0.242 e. The van der Waals surface area contributed by atoms with E-state index in [1.165, 1.54) is 12.0 Å². The quantitative estimate of drug-likeness (QED) is 0.887. The predicted octanol–water partition coefficient (Wildman–Crippen LogP) is 4.01. The number of anilines is 1. The van der Waals surface area contributed by atoms with Crippen molar-refractivity contribution in [3.63, 3.8) is 0 Å². The van der Waals surface area contributed by atoms with Crippen molar-refractivity contribution in [2.24, 2.45) is 0 Å². The van der Waals surface area contributed by atoms with Crippen molar-refractivity contribution in [1.82, 2.24) is 4.90 Å². The average molecular weight is 288 g/mol. The lowest BCUT2D eigenvalue weighted by atomic mass is 9.99. The predicted molar refractivity (Wildman–Crippen MR) is 88.7 cm³/mol. The summed E-state index contributed by atoms with van der Waals surface area (Å²) in [6.45, 7) is 7.86. The first kappa shape index (κ1) is 15.9. The van der Waals surface area contributed by atoms with Gasteiger partial charge in [0, 0.05) is 18.3 Å². The summed E-state index contributed by atoms with van der Waals surface area (Å²) in [5.41, 5.74) is 2.36. The normalized spacial score (nSPS) is 18.9. The molecule has 0 spiro atoms. The van der Waals surface area contributed by atoms with Crippen molar-refractivity contribution >= 4 is 11.6 Å². The lowest BCUT2D eigenvalue weighted by molar-refractivity contribution is -0.133. The molecule has 21 heavy (non-hydrogen) atoms. The van der Waals surface area contributed by atoms with E-state index >= 15 is 0 Å². The van der Waals surface area contributed by atoms with Gasteiger partial charge in [0.2, 0.25) is 5.91 Å². The number of benzene rings is 1. The Labute approximate surface area is 128 Å². The fourth-order valence-electron chi connectivity index (χ4n) is 3.19. The van der Waals surface area contributed by atoms with Gasteiger partial charge in [-0.15, -0.1) is 0 Å². The van der Waals surface area contributed by atoms with Gasteiger partial charge in [-0.2, -0.15) is 0 Å². The van der Waals surface area contributed by atoms with E-state index < -0.39 is 0 Å². The summed E-state index contributed by atoms with van der Waals surface area (Å²) in [5.74, 6) is 0.697. The first-order valence-electron chi connectivity index (χ1n) is 8.25. The van der Waals surface area contributed by atoms with Gasteiger partial charge in [-0.05, 0) is 43.2 Å². The van der Waals surface area contributed by atoms with Crippen LogP contribution in [0.25, 0.3) is 0 Å². The number of para-hydroxylation sites is 1. The molecule has 0 aliphatic carbocycles. The second-order valence-corrected chi connectivity index (χ2v) is 6.24. The highest BCUT2D eigenvalue weighted by atomic mass is 16.2. The number of nitrogens with one attached hydrogen (secondary N) is 1. The Hall–Kier alpha value is -1.51. The third kappa shape index (κ3) is 3.99. The van der Waals surface area contributed by atoms with Crippen LogP contribution in [0.1, 0.15) is 57.9 Å². The molecular formula is C18H28N2O. The van der Waals surface area contributed by atoms with Gasteiger partial charge in [-0.1, -0.05) is 39.0 Å². The molecule has 1 heterocycles. The Balaban J connectivity index is 1.97. The van der Waals surface area contributed by atoms with Crippen LogP contribution in [0.4, 0.5) is 5.69 Å². The first-order chi connectivity index (χ1) is 10.1. The second kappa shape index (κ2) is 7.48. The molecule has 0 saturated carbocycles. The lowest BCUT2D eigenvalue weighted by Crippen LogP contribution is -2.45. The summed E-state index contributed by atoms with van der Waals surface area (Å²) in [5, 5.41) is 3.35. The molecule has 1 aliphatic heterocycles. The molecule has 1 amide bonds. The van der Waals surface area contributed by atoms with Crippen LogP contribution < -0.4 is 5.32 Å². The Kier molecular flexibility index (Phi) is 5.66. The third-order valence-electron chi connectivity index (χ3n) is 4.43. The number of amides is 1.